The van der Waals surface area contributed by atoms with Crippen molar-refractivity contribution >= 4 is 11.6 Å². The van der Waals surface area contributed by atoms with Crippen molar-refractivity contribution in [1.29, 1.82) is 0 Å². The summed E-state index contributed by atoms with van der Waals surface area (Å²) >= 11 is 0. The predicted molar refractivity (Wildman–Crippen MR) is 80.7 cm³/mol. The van der Waals surface area contributed by atoms with E-state index < -0.39 is 0 Å². The summed E-state index contributed by atoms with van der Waals surface area (Å²) in [6.45, 7) is 5.34. The first-order valence-electron chi connectivity index (χ1n) is 7.43. The normalized spacial score (nSPS) is 21.8. The number of nitrogens with one attached hydrogen (secondary N) is 1. The van der Waals surface area contributed by atoms with Crippen LogP contribution in [0.4, 0.5) is 5.69 Å². The van der Waals surface area contributed by atoms with Crippen LogP contribution in [-0.2, 0) is 0 Å². The van der Waals surface area contributed by atoms with Crippen molar-refractivity contribution in [2.24, 2.45) is 5.73 Å². The number of nitrogens with zero attached hydrogens (tertiary/aromatic N) is 2. The molecule has 1 heterocycles. The highest BCUT2D eigenvalue weighted by molar-refractivity contribution is 5.93. The molecule has 1 aromatic rings. The number of hydrogen-bond donors (Lipinski definition) is 2. The minimum Gasteiger partial charge on any atom is -0.381 e. The van der Waals surface area contributed by atoms with Crippen LogP contribution in [0.2, 0.25) is 0 Å². The van der Waals surface area contributed by atoms with Gasteiger partial charge in [-0.1, -0.05) is 0 Å². The average Bonchev–Trinajstić information content (AvgIpc) is 2.86. The molecule has 0 bridgehead atoms. The van der Waals surface area contributed by atoms with E-state index in [-0.39, 0.29) is 11.9 Å². The Morgan fingerprint density at radius 1 is 1.45 bits per heavy atom. The number of aromatic nitrogens is 1. The summed E-state index contributed by atoms with van der Waals surface area (Å²) in [6.07, 6.45) is 4.99. The van der Waals surface area contributed by atoms with Crippen LogP contribution in [0.1, 0.15) is 43.6 Å². The molecule has 3 N–H and O–H groups in total. The van der Waals surface area contributed by atoms with E-state index in [4.69, 9.17) is 5.73 Å². The predicted octanol–water partition coefficient (Wildman–Crippen LogP) is 1.86. The summed E-state index contributed by atoms with van der Waals surface area (Å²) in [6, 6.07) is 4.22. The maximum absolute atomic E-state index is 12.3. The summed E-state index contributed by atoms with van der Waals surface area (Å²) in [4.78, 5) is 18.2. The van der Waals surface area contributed by atoms with Gasteiger partial charge in [-0.25, -0.2) is 0 Å². The van der Waals surface area contributed by atoms with Crippen LogP contribution in [0.15, 0.2) is 18.3 Å². The van der Waals surface area contributed by atoms with E-state index in [0.29, 0.717) is 24.8 Å². The SMILES string of the molecule is CCN(CC)C(=O)c1cc(NC2CCCC2N)ccn1. The van der Waals surface area contributed by atoms with Crippen LogP contribution in [-0.4, -0.2) is 41.0 Å². The lowest BCUT2D eigenvalue weighted by Gasteiger charge is -2.20. The van der Waals surface area contributed by atoms with E-state index in [1.165, 1.54) is 0 Å². The maximum Gasteiger partial charge on any atom is 0.272 e. The van der Waals surface area contributed by atoms with Gasteiger partial charge in [0.25, 0.3) is 5.91 Å². The largest absolute Gasteiger partial charge is 0.381 e. The van der Waals surface area contributed by atoms with Crippen molar-refractivity contribution in [3.8, 4) is 0 Å². The lowest BCUT2D eigenvalue weighted by molar-refractivity contribution is 0.0767. The van der Waals surface area contributed by atoms with Gasteiger partial charge in [0.1, 0.15) is 5.69 Å². The van der Waals surface area contributed by atoms with Crippen molar-refractivity contribution in [3.63, 3.8) is 0 Å². The lowest BCUT2D eigenvalue weighted by Crippen LogP contribution is -2.35. The molecule has 5 heteroatoms. The molecule has 2 rings (SSSR count). The van der Waals surface area contributed by atoms with Crippen molar-refractivity contribution < 1.29 is 4.79 Å². The fourth-order valence-electron chi connectivity index (χ4n) is 2.69. The van der Waals surface area contributed by atoms with E-state index in [1.807, 2.05) is 26.0 Å². The minimum atomic E-state index is -0.0191. The molecule has 110 valence electrons. The van der Waals surface area contributed by atoms with Gasteiger partial charge >= 0.3 is 0 Å². The van der Waals surface area contributed by atoms with E-state index in [0.717, 1.165) is 24.9 Å². The van der Waals surface area contributed by atoms with Crippen LogP contribution < -0.4 is 11.1 Å². The second-order valence-corrected chi connectivity index (χ2v) is 5.25. The Hall–Kier alpha value is -1.62. The second kappa shape index (κ2) is 6.70. The molecule has 0 aliphatic heterocycles. The molecule has 1 aromatic heterocycles. The Kier molecular flexibility index (Phi) is 4.95. The third-order valence-corrected chi connectivity index (χ3v) is 3.95. The van der Waals surface area contributed by atoms with Crippen LogP contribution in [0.5, 0.6) is 0 Å². The van der Waals surface area contributed by atoms with Gasteiger partial charge in [-0.2, -0.15) is 0 Å². The zero-order chi connectivity index (χ0) is 14.5. The standard InChI is InChI=1S/C15H24N4O/c1-3-19(4-2)15(20)14-10-11(8-9-17-14)18-13-7-5-6-12(13)16/h8-10,12-13H,3-7,16H2,1-2H3,(H,17,18). The van der Waals surface area contributed by atoms with Crippen molar-refractivity contribution in [2.45, 2.75) is 45.2 Å². The molecule has 0 spiro atoms. The third-order valence-electron chi connectivity index (χ3n) is 3.95. The first-order chi connectivity index (χ1) is 9.65. The van der Waals surface area contributed by atoms with Gasteiger partial charge in [0, 0.05) is 37.1 Å². The fourth-order valence-corrected chi connectivity index (χ4v) is 2.69. The summed E-state index contributed by atoms with van der Waals surface area (Å²) in [5.41, 5.74) is 7.48. The van der Waals surface area contributed by atoms with Crippen LogP contribution in [0.3, 0.4) is 0 Å². The molecule has 2 unspecified atom stereocenters. The molecule has 1 aliphatic carbocycles. The van der Waals surface area contributed by atoms with Gasteiger partial charge in [0.15, 0.2) is 0 Å². The van der Waals surface area contributed by atoms with Crippen molar-refractivity contribution in [1.82, 2.24) is 9.88 Å². The summed E-state index contributed by atoms with van der Waals surface area (Å²) in [5.74, 6) is -0.0191. The molecule has 0 saturated heterocycles. The highest BCUT2D eigenvalue weighted by Crippen LogP contribution is 2.22. The first kappa shape index (κ1) is 14.8. The average molecular weight is 276 g/mol. The molecule has 1 fully saturated rings. The van der Waals surface area contributed by atoms with Crippen LogP contribution in [0.25, 0.3) is 0 Å². The van der Waals surface area contributed by atoms with Gasteiger partial charge < -0.3 is 16.0 Å². The quantitative estimate of drug-likeness (QED) is 0.861. The molecule has 20 heavy (non-hydrogen) atoms. The summed E-state index contributed by atoms with van der Waals surface area (Å²) in [5, 5.41) is 3.43. The zero-order valence-electron chi connectivity index (χ0n) is 12.3. The number of hydrogen-bond acceptors (Lipinski definition) is 4. The third kappa shape index (κ3) is 3.28. The van der Waals surface area contributed by atoms with E-state index >= 15 is 0 Å². The molecule has 1 amide bonds. The summed E-state index contributed by atoms with van der Waals surface area (Å²) in [7, 11) is 0. The Balaban J connectivity index is 2.09. The summed E-state index contributed by atoms with van der Waals surface area (Å²) < 4.78 is 0. The number of carbonyl (C=O) groups excluding carboxylic acids is 1. The molecule has 5 nitrogen and oxygen atoms in total. The molecule has 1 aliphatic rings. The Bertz CT molecular complexity index is 459. The molecule has 0 radical (unpaired) electrons. The number of nitrogens with two attached hydrogens (primary N) is 1. The first-order valence-corrected chi connectivity index (χ1v) is 7.43. The number of anilines is 1. The fraction of sp³-hybridized carbons (Fsp3) is 0.600. The smallest absolute Gasteiger partial charge is 0.272 e. The lowest BCUT2D eigenvalue weighted by atomic mass is 10.1. The van der Waals surface area contributed by atoms with Gasteiger partial charge in [0.2, 0.25) is 0 Å². The number of pyridine rings is 1. The molecule has 0 aromatic carbocycles. The monoisotopic (exact) mass is 276 g/mol. The molecule has 2 atom stereocenters. The van der Waals surface area contributed by atoms with Crippen molar-refractivity contribution in [3.05, 3.63) is 24.0 Å². The topological polar surface area (TPSA) is 71.2 Å². The highest BCUT2D eigenvalue weighted by atomic mass is 16.2. The highest BCUT2D eigenvalue weighted by Gasteiger charge is 2.24. The van der Waals surface area contributed by atoms with E-state index in [9.17, 15) is 4.79 Å². The maximum atomic E-state index is 12.3. The second-order valence-electron chi connectivity index (χ2n) is 5.25. The molecular weight excluding hydrogens is 252 g/mol. The number of carbonyl (C=O) groups is 1. The van der Waals surface area contributed by atoms with E-state index in [1.54, 1.807) is 11.1 Å². The Morgan fingerprint density at radius 3 is 2.80 bits per heavy atom. The Labute approximate surface area is 120 Å². The van der Waals surface area contributed by atoms with Gasteiger partial charge in [-0.15, -0.1) is 0 Å². The zero-order valence-corrected chi connectivity index (χ0v) is 12.3. The van der Waals surface area contributed by atoms with Gasteiger partial charge in [-0.3, -0.25) is 9.78 Å². The Morgan fingerprint density at radius 2 is 2.20 bits per heavy atom. The molecule has 1 saturated carbocycles. The van der Waals surface area contributed by atoms with Crippen LogP contribution >= 0.6 is 0 Å². The van der Waals surface area contributed by atoms with Gasteiger partial charge in [0.05, 0.1) is 0 Å². The molecular formula is C15H24N4O. The number of amides is 1. The minimum absolute atomic E-state index is 0.0191. The number of rotatable bonds is 5. The van der Waals surface area contributed by atoms with E-state index in [2.05, 4.69) is 10.3 Å². The van der Waals surface area contributed by atoms with Crippen molar-refractivity contribution in [2.75, 3.05) is 18.4 Å². The van der Waals surface area contributed by atoms with Crippen LogP contribution in [0, 0.1) is 0 Å². The van der Waals surface area contributed by atoms with Gasteiger partial charge in [-0.05, 0) is 45.2 Å².